The van der Waals surface area contributed by atoms with Gasteiger partial charge in [-0.1, -0.05) is 19.8 Å². The Balaban J connectivity index is 1.81. The number of hydrogen-bond acceptors (Lipinski definition) is 3. The molecule has 1 aromatic rings. The fourth-order valence-electron chi connectivity index (χ4n) is 2.80. The van der Waals surface area contributed by atoms with Gasteiger partial charge < -0.3 is 5.11 Å². The van der Waals surface area contributed by atoms with Crippen LogP contribution < -0.4 is 0 Å². The van der Waals surface area contributed by atoms with Crippen molar-refractivity contribution in [2.24, 2.45) is 5.92 Å². The van der Waals surface area contributed by atoms with E-state index in [0.717, 1.165) is 18.0 Å². The molecule has 20 heavy (non-hydrogen) atoms. The normalized spacial score (nSPS) is 17.9. The summed E-state index contributed by atoms with van der Waals surface area (Å²) in [4.78, 5) is 14.3. The summed E-state index contributed by atoms with van der Waals surface area (Å²) < 4.78 is 0. The molecule has 0 saturated carbocycles. The molecule has 1 fully saturated rings. The zero-order valence-electron chi connectivity index (χ0n) is 12.0. The van der Waals surface area contributed by atoms with E-state index in [1.165, 1.54) is 49.7 Å². The maximum absolute atomic E-state index is 10.5. The molecule has 1 N–H and O–H groups in total. The zero-order chi connectivity index (χ0) is 14.4. The van der Waals surface area contributed by atoms with E-state index >= 15 is 0 Å². The highest BCUT2D eigenvalue weighted by atomic mass is 32.1. The Bertz CT molecular complexity index is 459. The van der Waals surface area contributed by atoms with Crippen LogP contribution in [0.15, 0.2) is 17.5 Å². The van der Waals surface area contributed by atoms with Crippen LogP contribution in [0.2, 0.25) is 0 Å². The summed E-state index contributed by atoms with van der Waals surface area (Å²) in [6, 6.07) is 2.10. The van der Waals surface area contributed by atoms with Crippen LogP contribution in [0.5, 0.6) is 0 Å². The van der Waals surface area contributed by atoms with E-state index < -0.39 is 5.97 Å². The number of piperidine rings is 1. The molecule has 2 heterocycles. The lowest BCUT2D eigenvalue weighted by Gasteiger charge is -2.31. The Morgan fingerprint density at radius 1 is 1.50 bits per heavy atom. The smallest absolute Gasteiger partial charge is 0.328 e. The minimum atomic E-state index is -0.893. The fraction of sp³-hybridized carbons (Fsp3) is 0.562. The third kappa shape index (κ3) is 4.76. The van der Waals surface area contributed by atoms with E-state index in [-0.39, 0.29) is 0 Å². The van der Waals surface area contributed by atoms with Crippen LogP contribution in [0.1, 0.15) is 43.0 Å². The molecule has 1 aliphatic heterocycles. The monoisotopic (exact) mass is 293 g/mol. The molecule has 110 valence electrons. The number of thiophene rings is 1. The molecule has 0 aromatic carbocycles. The van der Waals surface area contributed by atoms with Crippen molar-refractivity contribution in [3.63, 3.8) is 0 Å². The number of aliphatic carboxylic acids is 1. The number of likely N-dealkylation sites (tertiary alicyclic amines) is 1. The predicted octanol–water partition coefficient (Wildman–Crippen LogP) is 3.86. The van der Waals surface area contributed by atoms with Crippen molar-refractivity contribution in [3.8, 4) is 0 Å². The Hall–Kier alpha value is -1.13. The van der Waals surface area contributed by atoms with E-state index in [1.807, 2.05) is 5.38 Å². The summed E-state index contributed by atoms with van der Waals surface area (Å²) in [5.41, 5.74) is 0.994. The number of nitrogens with zero attached hydrogens (tertiary/aromatic N) is 1. The van der Waals surface area contributed by atoms with Crippen LogP contribution >= 0.6 is 11.3 Å². The summed E-state index contributed by atoms with van der Waals surface area (Å²) in [6.07, 6.45) is 8.18. The van der Waals surface area contributed by atoms with Crippen LogP contribution in [0.3, 0.4) is 0 Å². The molecule has 1 aliphatic rings. The van der Waals surface area contributed by atoms with Gasteiger partial charge in [0.05, 0.1) is 0 Å². The summed E-state index contributed by atoms with van der Waals surface area (Å²) in [5.74, 6) is 0.0318. The highest BCUT2D eigenvalue weighted by molar-refractivity contribution is 7.10. The summed E-state index contributed by atoms with van der Waals surface area (Å²) in [6.45, 7) is 5.67. The van der Waals surface area contributed by atoms with Gasteiger partial charge in [-0.3, -0.25) is 4.90 Å². The number of carboxylic acids is 1. The highest BCUT2D eigenvalue weighted by Gasteiger charge is 2.18. The molecule has 3 nitrogen and oxygen atoms in total. The summed E-state index contributed by atoms with van der Waals surface area (Å²) in [5, 5.41) is 10.6. The van der Waals surface area contributed by atoms with Crippen molar-refractivity contribution in [2.75, 3.05) is 13.1 Å². The van der Waals surface area contributed by atoms with Gasteiger partial charge in [-0.05, 0) is 54.9 Å². The van der Waals surface area contributed by atoms with Gasteiger partial charge in [0.1, 0.15) is 0 Å². The average molecular weight is 293 g/mol. The number of carbonyl (C=O) groups is 1. The number of carboxylic acid groups (broad SMARTS) is 1. The first-order valence-electron chi connectivity index (χ1n) is 7.38. The average Bonchev–Trinajstić information content (AvgIpc) is 2.87. The van der Waals surface area contributed by atoms with Crippen LogP contribution in [0.25, 0.3) is 6.08 Å². The van der Waals surface area contributed by atoms with Crippen molar-refractivity contribution >= 4 is 23.4 Å². The zero-order valence-corrected chi connectivity index (χ0v) is 12.9. The molecule has 0 atom stereocenters. The lowest BCUT2D eigenvalue weighted by molar-refractivity contribution is -0.131. The van der Waals surface area contributed by atoms with Crippen molar-refractivity contribution < 1.29 is 9.90 Å². The Morgan fingerprint density at radius 2 is 2.25 bits per heavy atom. The lowest BCUT2D eigenvalue weighted by atomic mass is 9.92. The maximum Gasteiger partial charge on any atom is 0.328 e. The fourth-order valence-corrected chi connectivity index (χ4v) is 3.69. The quantitative estimate of drug-likeness (QED) is 0.810. The molecule has 4 heteroatoms. The van der Waals surface area contributed by atoms with Crippen LogP contribution in [-0.4, -0.2) is 29.1 Å². The Morgan fingerprint density at radius 3 is 2.90 bits per heavy atom. The maximum atomic E-state index is 10.5. The Kier molecular flexibility index (Phi) is 5.80. The largest absolute Gasteiger partial charge is 0.478 e. The van der Waals surface area contributed by atoms with Gasteiger partial charge in [-0.2, -0.15) is 0 Å². The van der Waals surface area contributed by atoms with E-state index in [0.29, 0.717) is 0 Å². The van der Waals surface area contributed by atoms with Crippen LogP contribution in [0.4, 0.5) is 0 Å². The van der Waals surface area contributed by atoms with E-state index in [1.54, 1.807) is 17.4 Å². The molecule has 1 aromatic heterocycles. The minimum absolute atomic E-state index is 0.893. The van der Waals surface area contributed by atoms with Crippen LogP contribution in [0, 0.1) is 5.92 Å². The van der Waals surface area contributed by atoms with Gasteiger partial charge in [0, 0.05) is 17.5 Å². The molecular weight excluding hydrogens is 270 g/mol. The molecule has 1 saturated heterocycles. The van der Waals surface area contributed by atoms with Gasteiger partial charge in [0.25, 0.3) is 0 Å². The summed E-state index contributed by atoms with van der Waals surface area (Å²) in [7, 11) is 0. The van der Waals surface area contributed by atoms with Crippen LogP contribution in [-0.2, 0) is 11.3 Å². The second-order valence-electron chi connectivity index (χ2n) is 5.53. The molecule has 0 unspecified atom stereocenters. The third-order valence-electron chi connectivity index (χ3n) is 3.88. The molecule has 0 aliphatic carbocycles. The summed E-state index contributed by atoms with van der Waals surface area (Å²) >= 11 is 1.72. The molecule has 0 amide bonds. The van der Waals surface area contributed by atoms with Gasteiger partial charge in [-0.25, -0.2) is 4.79 Å². The molecule has 2 rings (SSSR count). The van der Waals surface area contributed by atoms with E-state index in [9.17, 15) is 4.79 Å². The van der Waals surface area contributed by atoms with Gasteiger partial charge >= 0.3 is 5.97 Å². The van der Waals surface area contributed by atoms with Gasteiger partial charge in [0.15, 0.2) is 0 Å². The number of hydrogen-bond donors (Lipinski definition) is 1. The molecule has 0 spiro atoms. The first-order chi connectivity index (χ1) is 9.67. The van der Waals surface area contributed by atoms with Gasteiger partial charge in [-0.15, -0.1) is 11.3 Å². The number of rotatable bonds is 6. The molecular formula is C16H23NO2S. The second-order valence-corrected chi connectivity index (χ2v) is 6.52. The topological polar surface area (TPSA) is 40.5 Å². The van der Waals surface area contributed by atoms with Crippen molar-refractivity contribution in [3.05, 3.63) is 28.0 Å². The molecule has 0 radical (unpaired) electrons. The second kappa shape index (κ2) is 7.60. The first-order valence-corrected chi connectivity index (χ1v) is 8.26. The van der Waals surface area contributed by atoms with E-state index in [4.69, 9.17) is 5.11 Å². The van der Waals surface area contributed by atoms with E-state index in [2.05, 4.69) is 17.9 Å². The predicted molar refractivity (Wildman–Crippen MR) is 83.9 cm³/mol. The van der Waals surface area contributed by atoms with Crippen molar-refractivity contribution in [1.29, 1.82) is 0 Å². The van der Waals surface area contributed by atoms with Gasteiger partial charge in [0.2, 0.25) is 0 Å². The van der Waals surface area contributed by atoms with Crippen molar-refractivity contribution in [2.45, 2.75) is 39.2 Å². The lowest BCUT2D eigenvalue weighted by Crippen LogP contribution is -2.32. The standard InChI is InChI=1S/C16H23NO2S/c1-2-3-13-6-8-17(9-7-13)11-15-10-14(12-20-15)4-5-16(18)19/h4-5,10,12-13H,2-3,6-9,11H2,1H3,(H,18,19). The first kappa shape index (κ1) is 15.3. The molecule has 0 bridgehead atoms. The SMILES string of the molecule is CCCC1CCN(Cc2cc(C=CC(=O)O)cs2)CC1. The third-order valence-corrected chi connectivity index (χ3v) is 4.82. The van der Waals surface area contributed by atoms with Crippen molar-refractivity contribution in [1.82, 2.24) is 4.90 Å². The Labute approximate surface area is 124 Å². The highest BCUT2D eigenvalue weighted by Crippen LogP contribution is 2.24. The minimum Gasteiger partial charge on any atom is -0.478 e.